The Hall–Kier alpha value is -4.46. The number of halogens is 2. The van der Waals surface area contributed by atoms with E-state index in [1.165, 1.54) is 14.2 Å². The van der Waals surface area contributed by atoms with Crippen LogP contribution in [0.5, 0.6) is 11.5 Å². The van der Waals surface area contributed by atoms with Crippen LogP contribution < -0.4 is 20.1 Å². The molecular weight excluding hydrogens is 502 g/mol. The summed E-state index contributed by atoms with van der Waals surface area (Å²) in [5.41, 5.74) is 3.41. The van der Waals surface area contributed by atoms with Gasteiger partial charge in [-0.05, 0) is 55.2 Å². The van der Waals surface area contributed by atoms with E-state index < -0.39 is 23.5 Å². The number of methoxy groups -OCH3 is 2. The third-order valence-electron chi connectivity index (χ3n) is 7.27. The van der Waals surface area contributed by atoms with Gasteiger partial charge < -0.3 is 20.1 Å². The number of ether oxygens (including phenoxy) is 2. The first kappa shape index (κ1) is 26.2. The molecule has 2 unspecified atom stereocenters. The number of nitrogens with one attached hydrogen (secondary N) is 2. The number of benzene rings is 3. The van der Waals surface area contributed by atoms with Gasteiger partial charge in [0.1, 0.15) is 23.1 Å². The number of hydrogen-bond donors (Lipinski definition) is 2. The van der Waals surface area contributed by atoms with Crippen LogP contribution in [0.1, 0.15) is 42.7 Å². The maximum absolute atomic E-state index is 14.5. The highest BCUT2D eigenvalue weighted by molar-refractivity contribution is 6.10. The molecule has 5 rings (SSSR count). The molecule has 3 aromatic carbocycles. The molecule has 39 heavy (non-hydrogen) atoms. The van der Waals surface area contributed by atoms with Crippen LogP contribution in [0.4, 0.5) is 14.5 Å². The van der Waals surface area contributed by atoms with Gasteiger partial charge in [-0.15, -0.1) is 0 Å². The van der Waals surface area contributed by atoms with Crippen molar-refractivity contribution in [3.8, 4) is 11.5 Å². The van der Waals surface area contributed by atoms with Gasteiger partial charge in [-0.2, -0.15) is 0 Å². The molecular formula is C31H28F2N2O4. The van der Waals surface area contributed by atoms with Crippen LogP contribution in [0.2, 0.25) is 0 Å². The van der Waals surface area contributed by atoms with Crippen molar-refractivity contribution in [3.63, 3.8) is 0 Å². The minimum atomic E-state index is -0.903. The summed E-state index contributed by atoms with van der Waals surface area (Å²) in [6, 6.07) is 18.0. The predicted molar refractivity (Wildman–Crippen MR) is 144 cm³/mol. The zero-order chi connectivity index (χ0) is 27.7. The SMILES string of the molecule is COc1ccc(OC)c(C2C(C(=O)Nc3ccc(F)cc3F)=C(C)NC3=C2C(=O)CC(c2ccccc2)C3)c1. The molecule has 2 aliphatic rings. The summed E-state index contributed by atoms with van der Waals surface area (Å²) >= 11 is 0. The Morgan fingerprint density at radius 3 is 2.44 bits per heavy atom. The Morgan fingerprint density at radius 1 is 0.974 bits per heavy atom. The van der Waals surface area contributed by atoms with Crippen LogP contribution >= 0.6 is 0 Å². The van der Waals surface area contributed by atoms with E-state index in [9.17, 15) is 18.4 Å². The number of amides is 1. The monoisotopic (exact) mass is 530 g/mol. The highest BCUT2D eigenvalue weighted by atomic mass is 19.1. The van der Waals surface area contributed by atoms with Crippen molar-refractivity contribution in [1.29, 1.82) is 0 Å². The molecule has 0 saturated heterocycles. The molecule has 1 amide bonds. The fourth-order valence-electron chi connectivity index (χ4n) is 5.46. The van der Waals surface area contributed by atoms with Crippen molar-refractivity contribution >= 4 is 17.4 Å². The topological polar surface area (TPSA) is 76.7 Å². The number of carbonyl (C=O) groups is 2. The highest BCUT2D eigenvalue weighted by Gasteiger charge is 2.42. The molecule has 2 atom stereocenters. The molecule has 0 spiro atoms. The Balaban J connectivity index is 1.63. The number of dihydropyridines is 1. The first-order valence-corrected chi connectivity index (χ1v) is 12.6. The van der Waals surface area contributed by atoms with E-state index in [-0.39, 0.29) is 29.4 Å². The van der Waals surface area contributed by atoms with Gasteiger partial charge in [0.15, 0.2) is 5.78 Å². The lowest BCUT2D eigenvalue weighted by Crippen LogP contribution is -2.37. The molecule has 0 aromatic heterocycles. The van der Waals surface area contributed by atoms with Crippen LogP contribution in [0, 0.1) is 11.6 Å². The first-order valence-electron chi connectivity index (χ1n) is 12.6. The lowest BCUT2D eigenvalue weighted by Gasteiger charge is -2.37. The Kier molecular flexibility index (Phi) is 7.19. The molecule has 0 saturated carbocycles. The van der Waals surface area contributed by atoms with E-state index in [0.717, 1.165) is 23.4 Å². The zero-order valence-electron chi connectivity index (χ0n) is 21.8. The van der Waals surface area contributed by atoms with Gasteiger partial charge in [0.05, 0.1) is 25.8 Å². The fourth-order valence-corrected chi connectivity index (χ4v) is 5.46. The van der Waals surface area contributed by atoms with Crippen molar-refractivity contribution in [3.05, 3.63) is 112 Å². The molecule has 0 radical (unpaired) electrons. The average molecular weight is 531 g/mol. The zero-order valence-corrected chi connectivity index (χ0v) is 21.8. The minimum absolute atomic E-state index is 0.0192. The Morgan fingerprint density at radius 2 is 1.74 bits per heavy atom. The second-order valence-electron chi connectivity index (χ2n) is 9.61. The van der Waals surface area contributed by atoms with Gasteiger partial charge in [-0.3, -0.25) is 9.59 Å². The van der Waals surface area contributed by atoms with E-state index in [4.69, 9.17) is 9.47 Å². The maximum atomic E-state index is 14.5. The molecule has 1 heterocycles. The van der Waals surface area contributed by atoms with E-state index >= 15 is 0 Å². The van der Waals surface area contributed by atoms with E-state index in [1.807, 2.05) is 30.3 Å². The van der Waals surface area contributed by atoms with Gasteiger partial charge in [0.25, 0.3) is 5.91 Å². The van der Waals surface area contributed by atoms with Crippen molar-refractivity contribution < 1.29 is 27.8 Å². The highest BCUT2D eigenvalue weighted by Crippen LogP contribution is 2.48. The Labute approximate surface area is 225 Å². The summed E-state index contributed by atoms with van der Waals surface area (Å²) in [7, 11) is 3.04. The van der Waals surface area contributed by atoms with Crippen molar-refractivity contribution in [2.45, 2.75) is 31.6 Å². The Bertz CT molecular complexity index is 1510. The summed E-state index contributed by atoms with van der Waals surface area (Å²) in [5, 5.41) is 5.87. The third-order valence-corrected chi connectivity index (χ3v) is 7.27. The van der Waals surface area contributed by atoms with Crippen molar-refractivity contribution in [2.75, 3.05) is 19.5 Å². The number of anilines is 1. The lowest BCUT2D eigenvalue weighted by atomic mass is 9.71. The lowest BCUT2D eigenvalue weighted by molar-refractivity contribution is -0.116. The summed E-state index contributed by atoms with van der Waals surface area (Å²) in [5.74, 6) is -2.20. The number of allylic oxidation sites excluding steroid dienone is 3. The third kappa shape index (κ3) is 5.02. The van der Waals surface area contributed by atoms with Crippen molar-refractivity contribution in [2.24, 2.45) is 0 Å². The summed E-state index contributed by atoms with van der Waals surface area (Å²) in [6.07, 6.45) is 0.848. The van der Waals surface area contributed by atoms with Crippen LogP contribution in [0.3, 0.4) is 0 Å². The molecule has 8 heteroatoms. The number of carbonyl (C=O) groups excluding carboxylic acids is 2. The van der Waals surface area contributed by atoms with Crippen LogP contribution in [0.15, 0.2) is 89.3 Å². The second kappa shape index (κ2) is 10.7. The number of Topliss-reactive ketones (excluding diaryl/α,β-unsaturated/α-hetero) is 1. The van der Waals surface area contributed by atoms with E-state index in [2.05, 4.69) is 10.6 Å². The minimum Gasteiger partial charge on any atom is -0.497 e. The maximum Gasteiger partial charge on any atom is 0.254 e. The summed E-state index contributed by atoms with van der Waals surface area (Å²) in [4.78, 5) is 27.6. The van der Waals surface area contributed by atoms with Crippen LogP contribution in [-0.4, -0.2) is 25.9 Å². The first-order chi connectivity index (χ1) is 18.8. The molecule has 1 aliphatic carbocycles. The van der Waals surface area contributed by atoms with Gasteiger partial charge in [-0.25, -0.2) is 8.78 Å². The second-order valence-corrected chi connectivity index (χ2v) is 9.61. The normalized spacial score (nSPS) is 18.8. The van der Waals surface area contributed by atoms with Gasteiger partial charge in [0, 0.05) is 40.6 Å². The molecule has 3 aromatic rings. The van der Waals surface area contributed by atoms with Crippen LogP contribution in [-0.2, 0) is 9.59 Å². The van der Waals surface area contributed by atoms with Gasteiger partial charge >= 0.3 is 0 Å². The predicted octanol–water partition coefficient (Wildman–Crippen LogP) is 5.98. The number of rotatable bonds is 6. The van der Waals surface area contributed by atoms with Crippen molar-refractivity contribution in [1.82, 2.24) is 5.32 Å². The van der Waals surface area contributed by atoms with Gasteiger partial charge in [0.2, 0.25) is 0 Å². The van der Waals surface area contributed by atoms with Gasteiger partial charge in [-0.1, -0.05) is 30.3 Å². The largest absolute Gasteiger partial charge is 0.497 e. The number of hydrogen-bond acceptors (Lipinski definition) is 5. The average Bonchev–Trinajstić information content (AvgIpc) is 2.93. The van der Waals surface area contributed by atoms with Crippen LogP contribution in [0.25, 0.3) is 0 Å². The molecule has 200 valence electrons. The fraction of sp³-hybridized carbons (Fsp3) is 0.226. The molecule has 6 nitrogen and oxygen atoms in total. The molecule has 1 aliphatic heterocycles. The molecule has 0 fully saturated rings. The summed E-state index contributed by atoms with van der Waals surface area (Å²) < 4.78 is 39.0. The van der Waals surface area contributed by atoms with E-state index in [0.29, 0.717) is 40.8 Å². The molecule has 2 N–H and O–H groups in total. The summed E-state index contributed by atoms with van der Waals surface area (Å²) in [6.45, 7) is 1.75. The number of ketones is 1. The smallest absolute Gasteiger partial charge is 0.254 e. The quantitative estimate of drug-likeness (QED) is 0.410. The van der Waals surface area contributed by atoms with E-state index in [1.54, 1.807) is 25.1 Å². The standard InChI is InChI=1S/C31H28F2N2O4/c1-17-28(31(37)35-24-11-9-20(32)15-23(24)33)29(22-16-21(38-2)10-12-27(22)39-3)30-25(34-17)13-19(14-26(30)36)18-7-5-4-6-8-18/h4-12,15-16,19,29,34H,13-14H2,1-3H3,(H,35,37). The molecule has 0 bridgehead atoms.